The molecule has 1 rings (SSSR count). The molecule has 1 fully saturated rings. The molecule has 1 aliphatic rings. The van der Waals surface area contributed by atoms with E-state index in [0.29, 0.717) is 6.42 Å². The van der Waals surface area contributed by atoms with Crippen LogP contribution in [0.3, 0.4) is 0 Å². The zero-order valence-corrected chi connectivity index (χ0v) is 10.6. The van der Waals surface area contributed by atoms with Gasteiger partial charge in [-0.15, -0.1) is 0 Å². The zero-order valence-electron chi connectivity index (χ0n) is 10.6. The second-order valence-corrected chi connectivity index (χ2v) is 4.63. The van der Waals surface area contributed by atoms with E-state index in [1.807, 2.05) is 6.92 Å². The van der Waals surface area contributed by atoms with Crippen LogP contribution in [0.4, 0.5) is 0 Å². The van der Waals surface area contributed by atoms with Crippen LogP contribution < -0.4 is 10.6 Å². The monoisotopic (exact) mass is 242 g/mol. The van der Waals surface area contributed by atoms with Crippen molar-refractivity contribution in [3.63, 3.8) is 0 Å². The summed E-state index contributed by atoms with van der Waals surface area (Å²) in [6.07, 6.45) is 3.84. The molecule has 0 aromatic carbocycles. The first-order chi connectivity index (χ1) is 8.05. The molecular weight excluding hydrogens is 220 g/mol. The summed E-state index contributed by atoms with van der Waals surface area (Å²) in [5.74, 6) is -1.13. The molecule has 5 nitrogen and oxygen atoms in total. The van der Waals surface area contributed by atoms with Gasteiger partial charge in [0, 0.05) is 0 Å². The van der Waals surface area contributed by atoms with Gasteiger partial charge in [0.05, 0.1) is 5.54 Å². The summed E-state index contributed by atoms with van der Waals surface area (Å²) in [5.41, 5.74) is -0.544. The van der Waals surface area contributed by atoms with Crippen molar-refractivity contribution < 1.29 is 14.7 Å². The van der Waals surface area contributed by atoms with E-state index in [1.165, 1.54) is 0 Å². The van der Waals surface area contributed by atoms with Crippen LogP contribution in [-0.2, 0) is 9.59 Å². The van der Waals surface area contributed by atoms with Crippen LogP contribution in [0.2, 0.25) is 0 Å². The summed E-state index contributed by atoms with van der Waals surface area (Å²) in [4.78, 5) is 23.1. The number of carboxylic acids is 1. The molecule has 1 unspecified atom stereocenters. The molecule has 0 radical (unpaired) electrons. The Balaban J connectivity index is 2.68. The van der Waals surface area contributed by atoms with E-state index >= 15 is 0 Å². The Morgan fingerprint density at radius 2 is 2.18 bits per heavy atom. The van der Waals surface area contributed by atoms with Gasteiger partial charge < -0.3 is 15.7 Å². The molecule has 0 saturated carbocycles. The zero-order chi connectivity index (χ0) is 12.9. The van der Waals surface area contributed by atoms with Gasteiger partial charge in [-0.05, 0) is 32.2 Å². The first-order valence-corrected chi connectivity index (χ1v) is 6.34. The highest BCUT2D eigenvalue weighted by Gasteiger charge is 2.41. The number of hydrogen-bond acceptors (Lipinski definition) is 3. The Hall–Kier alpha value is -1.10. The SMILES string of the molecule is CCCC1(C(=O)N[C@H](CC)C(=O)O)CCCN1. The molecule has 0 spiro atoms. The first-order valence-electron chi connectivity index (χ1n) is 6.34. The number of carboxylic acid groups (broad SMARTS) is 1. The number of hydrogen-bond donors (Lipinski definition) is 3. The highest BCUT2D eigenvalue weighted by Crippen LogP contribution is 2.25. The highest BCUT2D eigenvalue weighted by atomic mass is 16.4. The highest BCUT2D eigenvalue weighted by molar-refractivity contribution is 5.90. The minimum absolute atomic E-state index is 0.161. The number of rotatable bonds is 6. The van der Waals surface area contributed by atoms with Crippen molar-refractivity contribution in [2.45, 2.75) is 57.5 Å². The Kier molecular flexibility index (Phi) is 4.93. The summed E-state index contributed by atoms with van der Waals surface area (Å²) >= 11 is 0. The quantitative estimate of drug-likeness (QED) is 0.646. The van der Waals surface area contributed by atoms with E-state index in [-0.39, 0.29) is 5.91 Å². The molecule has 0 bridgehead atoms. The average Bonchev–Trinajstić information content (AvgIpc) is 2.75. The lowest BCUT2D eigenvalue weighted by atomic mass is 9.90. The van der Waals surface area contributed by atoms with Crippen molar-refractivity contribution in [1.82, 2.24) is 10.6 Å². The fourth-order valence-electron chi connectivity index (χ4n) is 2.39. The maximum absolute atomic E-state index is 12.2. The standard InChI is InChI=1S/C12H22N2O3/c1-3-6-12(7-5-8-13-12)11(17)14-9(4-2)10(15)16/h9,13H,3-8H2,1-2H3,(H,14,17)(H,15,16)/t9-,12?/m1/s1. The topological polar surface area (TPSA) is 78.4 Å². The van der Waals surface area contributed by atoms with E-state index in [1.54, 1.807) is 6.92 Å². The van der Waals surface area contributed by atoms with Crippen molar-refractivity contribution in [3.05, 3.63) is 0 Å². The minimum Gasteiger partial charge on any atom is -0.480 e. The van der Waals surface area contributed by atoms with Crippen LogP contribution >= 0.6 is 0 Å². The number of nitrogens with one attached hydrogen (secondary N) is 2. The minimum atomic E-state index is -0.967. The summed E-state index contributed by atoms with van der Waals surface area (Å²) in [7, 11) is 0. The van der Waals surface area contributed by atoms with Crippen LogP contribution in [0.15, 0.2) is 0 Å². The number of carbonyl (C=O) groups is 2. The maximum Gasteiger partial charge on any atom is 0.326 e. The third-order valence-electron chi connectivity index (χ3n) is 3.37. The molecule has 5 heteroatoms. The summed E-state index contributed by atoms with van der Waals surface area (Å²) in [6, 6.07) is -0.779. The number of amides is 1. The average molecular weight is 242 g/mol. The third-order valence-corrected chi connectivity index (χ3v) is 3.37. The predicted molar refractivity (Wildman–Crippen MR) is 64.7 cm³/mol. The largest absolute Gasteiger partial charge is 0.480 e. The Morgan fingerprint density at radius 1 is 1.47 bits per heavy atom. The van der Waals surface area contributed by atoms with Gasteiger partial charge >= 0.3 is 5.97 Å². The fourth-order valence-corrected chi connectivity index (χ4v) is 2.39. The van der Waals surface area contributed by atoms with Gasteiger partial charge in [0.2, 0.25) is 5.91 Å². The normalized spacial score (nSPS) is 25.5. The van der Waals surface area contributed by atoms with Gasteiger partial charge in [0.25, 0.3) is 0 Å². The second-order valence-electron chi connectivity index (χ2n) is 4.63. The first kappa shape index (κ1) is 14.0. The molecule has 1 saturated heterocycles. The summed E-state index contributed by atoms with van der Waals surface area (Å²) < 4.78 is 0. The van der Waals surface area contributed by atoms with Crippen molar-refractivity contribution in [2.75, 3.05) is 6.54 Å². The van der Waals surface area contributed by atoms with E-state index in [2.05, 4.69) is 10.6 Å². The van der Waals surface area contributed by atoms with Gasteiger partial charge in [-0.2, -0.15) is 0 Å². The molecule has 1 aliphatic heterocycles. The van der Waals surface area contributed by atoms with Gasteiger partial charge in [-0.3, -0.25) is 4.79 Å². The van der Waals surface area contributed by atoms with Crippen LogP contribution in [-0.4, -0.2) is 35.1 Å². The van der Waals surface area contributed by atoms with Gasteiger partial charge in [-0.25, -0.2) is 4.79 Å². The lowest BCUT2D eigenvalue weighted by molar-refractivity contribution is -0.143. The van der Waals surface area contributed by atoms with Crippen molar-refractivity contribution in [2.24, 2.45) is 0 Å². The summed E-state index contributed by atoms with van der Waals surface area (Å²) in [5, 5.41) is 14.8. The molecule has 0 aliphatic carbocycles. The van der Waals surface area contributed by atoms with Crippen LogP contribution in [0.5, 0.6) is 0 Å². The van der Waals surface area contributed by atoms with E-state index in [0.717, 1.165) is 32.2 Å². The third kappa shape index (κ3) is 3.19. The lowest BCUT2D eigenvalue weighted by Crippen LogP contribution is -2.56. The Morgan fingerprint density at radius 3 is 2.59 bits per heavy atom. The molecule has 0 aromatic rings. The van der Waals surface area contributed by atoms with Crippen molar-refractivity contribution in [1.29, 1.82) is 0 Å². The number of aliphatic carboxylic acids is 1. The second kappa shape index (κ2) is 6.00. The van der Waals surface area contributed by atoms with E-state index in [9.17, 15) is 9.59 Å². The molecule has 2 atom stereocenters. The van der Waals surface area contributed by atoms with Gasteiger partial charge in [0.15, 0.2) is 0 Å². The molecule has 1 heterocycles. The van der Waals surface area contributed by atoms with E-state index in [4.69, 9.17) is 5.11 Å². The lowest BCUT2D eigenvalue weighted by Gasteiger charge is -2.29. The Labute approximate surface area is 102 Å². The smallest absolute Gasteiger partial charge is 0.326 e. The Bertz CT molecular complexity index is 285. The van der Waals surface area contributed by atoms with Gasteiger partial charge in [-0.1, -0.05) is 20.3 Å². The number of carbonyl (C=O) groups excluding carboxylic acids is 1. The van der Waals surface area contributed by atoms with Crippen LogP contribution in [0, 0.1) is 0 Å². The van der Waals surface area contributed by atoms with Crippen molar-refractivity contribution in [3.8, 4) is 0 Å². The molecule has 0 aromatic heterocycles. The molecule has 3 N–H and O–H groups in total. The van der Waals surface area contributed by atoms with Crippen LogP contribution in [0.25, 0.3) is 0 Å². The maximum atomic E-state index is 12.2. The fraction of sp³-hybridized carbons (Fsp3) is 0.833. The van der Waals surface area contributed by atoms with E-state index < -0.39 is 17.6 Å². The predicted octanol–water partition coefficient (Wildman–Crippen LogP) is 0.888. The van der Waals surface area contributed by atoms with Crippen molar-refractivity contribution >= 4 is 11.9 Å². The van der Waals surface area contributed by atoms with Gasteiger partial charge in [0.1, 0.15) is 6.04 Å². The summed E-state index contributed by atoms with van der Waals surface area (Å²) in [6.45, 7) is 4.62. The molecule has 17 heavy (non-hydrogen) atoms. The van der Waals surface area contributed by atoms with Crippen LogP contribution in [0.1, 0.15) is 46.0 Å². The molecule has 98 valence electrons. The molecule has 1 amide bonds. The molecular formula is C12H22N2O3.